The van der Waals surface area contributed by atoms with Crippen molar-refractivity contribution in [1.29, 1.82) is 5.26 Å². The van der Waals surface area contributed by atoms with Gasteiger partial charge in [0.25, 0.3) is 0 Å². The lowest BCUT2D eigenvalue weighted by atomic mass is 10.2. The fraction of sp³-hybridized carbons (Fsp3) is 0.125. The van der Waals surface area contributed by atoms with Gasteiger partial charge in [0.05, 0.1) is 11.6 Å². The minimum absolute atomic E-state index is 0.688. The van der Waals surface area contributed by atoms with Crippen molar-refractivity contribution in [2.75, 3.05) is 0 Å². The summed E-state index contributed by atoms with van der Waals surface area (Å²) in [6.45, 7) is 0. The zero-order valence-electron chi connectivity index (χ0n) is 5.75. The maximum atomic E-state index is 8.48. The van der Waals surface area contributed by atoms with Crippen LogP contribution in [0.25, 0.3) is 0 Å². The number of halogens is 1. The topological polar surface area (TPSA) is 23.8 Å². The second-order valence-corrected chi connectivity index (χ2v) is 3.22. The van der Waals surface area contributed by atoms with Crippen LogP contribution in [-0.4, -0.2) is 0 Å². The molecule has 0 unspecified atom stereocenters. The number of hydrogen-bond acceptors (Lipinski definition) is 2. The lowest BCUT2D eigenvalue weighted by molar-refractivity contribution is 1.40. The van der Waals surface area contributed by atoms with Crippen LogP contribution in [0, 0.1) is 11.3 Å². The minimum Gasteiger partial charge on any atom is -0.192 e. The Labute approximate surface area is 74.5 Å². The molecule has 0 aliphatic rings. The predicted molar refractivity (Wildman–Crippen MR) is 48.3 cm³/mol. The van der Waals surface area contributed by atoms with Gasteiger partial charge >= 0.3 is 0 Å². The SMILES string of the molecule is N#Cc1ccc(CSCl)cc1. The summed E-state index contributed by atoms with van der Waals surface area (Å²) in [5.74, 6) is 0.785. The van der Waals surface area contributed by atoms with Crippen LogP contribution in [0.5, 0.6) is 0 Å². The van der Waals surface area contributed by atoms with E-state index in [1.807, 2.05) is 12.1 Å². The highest BCUT2D eigenvalue weighted by Gasteiger charge is 1.91. The minimum atomic E-state index is 0.688. The highest BCUT2D eigenvalue weighted by molar-refractivity contribution is 8.20. The molecular weight excluding hydrogens is 178 g/mol. The molecule has 11 heavy (non-hydrogen) atoms. The van der Waals surface area contributed by atoms with E-state index in [2.05, 4.69) is 6.07 Å². The van der Waals surface area contributed by atoms with Crippen LogP contribution in [0.1, 0.15) is 11.1 Å². The predicted octanol–water partition coefficient (Wildman–Crippen LogP) is 2.95. The summed E-state index contributed by atoms with van der Waals surface area (Å²) in [6.07, 6.45) is 0. The van der Waals surface area contributed by atoms with E-state index in [0.29, 0.717) is 5.56 Å². The van der Waals surface area contributed by atoms with Crippen molar-refractivity contribution in [3.8, 4) is 6.07 Å². The summed E-state index contributed by atoms with van der Waals surface area (Å²) >= 11 is 0. The fourth-order valence-corrected chi connectivity index (χ4v) is 1.43. The largest absolute Gasteiger partial charge is 0.192 e. The van der Waals surface area contributed by atoms with Crippen LogP contribution in [-0.2, 0) is 5.75 Å². The van der Waals surface area contributed by atoms with Gasteiger partial charge < -0.3 is 0 Å². The van der Waals surface area contributed by atoms with Crippen LogP contribution in [0.2, 0.25) is 0 Å². The molecule has 0 fully saturated rings. The highest BCUT2D eigenvalue weighted by atomic mass is 35.7. The molecule has 1 aromatic rings. The second kappa shape index (κ2) is 4.27. The van der Waals surface area contributed by atoms with Gasteiger partial charge in [-0.3, -0.25) is 0 Å². The Morgan fingerprint density at radius 2 is 2.00 bits per heavy atom. The maximum absolute atomic E-state index is 8.48. The molecule has 0 bridgehead atoms. The van der Waals surface area contributed by atoms with Crippen molar-refractivity contribution in [3.05, 3.63) is 35.4 Å². The zero-order valence-corrected chi connectivity index (χ0v) is 7.32. The Hall–Kier alpha value is -0.650. The van der Waals surface area contributed by atoms with Gasteiger partial charge in [0, 0.05) is 5.75 Å². The normalized spacial score (nSPS) is 9.09. The van der Waals surface area contributed by atoms with E-state index in [1.165, 1.54) is 11.0 Å². The Kier molecular flexibility index (Phi) is 3.28. The first kappa shape index (κ1) is 8.45. The van der Waals surface area contributed by atoms with Gasteiger partial charge in [-0.1, -0.05) is 23.1 Å². The van der Waals surface area contributed by atoms with Gasteiger partial charge in [0.1, 0.15) is 0 Å². The van der Waals surface area contributed by atoms with E-state index >= 15 is 0 Å². The van der Waals surface area contributed by atoms with Crippen LogP contribution >= 0.6 is 21.7 Å². The van der Waals surface area contributed by atoms with Crippen LogP contribution in [0.15, 0.2) is 24.3 Å². The van der Waals surface area contributed by atoms with Crippen LogP contribution < -0.4 is 0 Å². The van der Waals surface area contributed by atoms with Gasteiger partial charge in [0.2, 0.25) is 0 Å². The van der Waals surface area contributed by atoms with Gasteiger partial charge in [-0.05, 0) is 28.4 Å². The second-order valence-electron chi connectivity index (χ2n) is 2.06. The molecule has 1 aromatic carbocycles. The first-order valence-electron chi connectivity index (χ1n) is 3.09. The molecule has 56 valence electrons. The van der Waals surface area contributed by atoms with Gasteiger partial charge in [-0.25, -0.2) is 0 Å². The lowest BCUT2D eigenvalue weighted by Crippen LogP contribution is -1.78. The van der Waals surface area contributed by atoms with Crippen molar-refractivity contribution in [2.45, 2.75) is 5.75 Å². The number of rotatable bonds is 2. The maximum Gasteiger partial charge on any atom is 0.0991 e. The molecule has 3 heteroatoms. The van der Waals surface area contributed by atoms with E-state index in [9.17, 15) is 0 Å². The average Bonchev–Trinajstić information content (AvgIpc) is 2.07. The van der Waals surface area contributed by atoms with Crippen LogP contribution in [0.4, 0.5) is 0 Å². The van der Waals surface area contributed by atoms with Crippen molar-refractivity contribution in [3.63, 3.8) is 0 Å². The van der Waals surface area contributed by atoms with Crippen molar-refractivity contribution < 1.29 is 0 Å². The number of nitriles is 1. The Bertz CT molecular complexity index is 262. The molecule has 0 radical (unpaired) electrons. The Balaban J connectivity index is 2.76. The molecule has 0 saturated carbocycles. The molecule has 0 aromatic heterocycles. The van der Waals surface area contributed by atoms with E-state index in [4.69, 9.17) is 15.9 Å². The highest BCUT2D eigenvalue weighted by Crippen LogP contribution is 2.15. The fourth-order valence-electron chi connectivity index (χ4n) is 0.739. The number of nitrogens with zero attached hydrogens (tertiary/aromatic N) is 1. The summed E-state index contributed by atoms with van der Waals surface area (Å²) in [7, 11) is 6.72. The number of hydrogen-bond donors (Lipinski definition) is 0. The van der Waals surface area contributed by atoms with Crippen molar-refractivity contribution in [1.82, 2.24) is 0 Å². The van der Waals surface area contributed by atoms with E-state index < -0.39 is 0 Å². The van der Waals surface area contributed by atoms with Gasteiger partial charge in [0.15, 0.2) is 0 Å². The number of benzene rings is 1. The molecule has 0 N–H and O–H groups in total. The molecule has 0 atom stereocenters. The summed E-state index contributed by atoms with van der Waals surface area (Å²) in [6, 6.07) is 9.47. The lowest BCUT2D eigenvalue weighted by Gasteiger charge is -1.94. The quantitative estimate of drug-likeness (QED) is 0.704. The molecule has 0 spiro atoms. The third kappa shape index (κ3) is 2.45. The Morgan fingerprint density at radius 1 is 1.36 bits per heavy atom. The molecule has 0 aliphatic carbocycles. The molecule has 1 rings (SSSR count). The first-order chi connectivity index (χ1) is 5.36. The third-order valence-electron chi connectivity index (χ3n) is 1.30. The summed E-state index contributed by atoms with van der Waals surface area (Å²) in [5.41, 5.74) is 1.83. The standard InChI is InChI=1S/C8H6ClNS/c9-11-6-8-3-1-7(5-10)2-4-8/h1-4H,6H2. The van der Waals surface area contributed by atoms with E-state index in [0.717, 1.165) is 11.3 Å². The first-order valence-corrected chi connectivity index (χ1v) is 4.90. The van der Waals surface area contributed by atoms with E-state index in [-0.39, 0.29) is 0 Å². The summed E-state index contributed by atoms with van der Waals surface area (Å²) in [5, 5.41) is 8.48. The van der Waals surface area contributed by atoms with Gasteiger partial charge in [-0.2, -0.15) is 5.26 Å². The van der Waals surface area contributed by atoms with Crippen molar-refractivity contribution >= 4 is 21.7 Å². The monoisotopic (exact) mass is 183 g/mol. The summed E-state index contributed by atoms with van der Waals surface area (Å²) < 4.78 is 0. The molecule has 1 nitrogen and oxygen atoms in total. The van der Waals surface area contributed by atoms with Crippen molar-refractivity contribution in [2.24, 2.45) is 0 Å². The zero-order chi connectivity index (χ0) is 8.10. The van der Waals surface area contributed by atoms with E-state index in [1.54, 1.807) is 12.1 Å². The van der Waals surface area contributed by atoms with Crippen LogP contribution in [0.3, 0.4) is 0 Å². The smallest absolute Gasteiger partial charge is 0.0991 e. The Morgan fingerprint density at radius 3 is 2.45 bits per heavy atom. The third-order valence-corrected chi connectivity index (χ3v) is 2.07. The summed E-state index contributed by atoms with van der Waals surface area (Å²) in [4.78, 5) is 0. The molecule has 0 aliphatic heterocycles. The average molecular weight is 184 g/mol. The molecule has 0 heterocycles. The molecule has 0 amide bonds. The molecule has 0 saturated heterocycles. The molecular formula is C8H6ClNS. The van der Waals surface area contributed by atoms with Gasteiger partial charge in [-0.15, -0.1) is 0 Å².